The van der Waals surface area contributed by atoms with E-state index < -0.39 is 5.60 Å². The van der Waals surface area contributed by atoms with Crippen LogP contribution in [0.5, 0.6) is 0 Å². The van der Waals surface area contributed by atoms with Gasteiger partial charge in [0.1, 0.15) is 0 Å². The highest BCUT2D eigenvalue weighted by molar-refractivity contribution is 6.30. The number of rotatable bonds is 5. The SMILES string of the molecule is O=C(CC1(O)CCCCC1)NCCc1cccc(Cl)c1. The smallest absolute Gasteiger partial charge is 0.222 e. The van der Waals surface area contributed by atoms with Crippen molar-refractivity contribution < 1.29 is 9.90 Å². The molecule has 4 heteroatoms. The van der Waals surface area contributed by atoms with E-state index in [0.29, 0.717) is 11.6 Å². The average Bonchev–Trinajstić information content (AvgIpc) is 2.39. The molecule has 1 fully saturated rings. The lowest BCUT2D eigenvalue weighted by Gasteiger charge is -2.31. The molecule has 0 unspecified atom stereocenters. The molecule has 1 aliphatic carbocycles. The van der Waals surface area contributed by atoms with Gasteiger partial charge in [-0.25, -0.2) is 0 Å². The number of hydrogen-bond donors (Lipinski definition) is 2. The number of hydrogen-bond acceptors (Lipinski definition) is 2. The van der Waals surface area contributed by atoms with Crippen molar-refractivity contribution in [2.24, 2.45) is 0 Å². The van der Waals surface area contributed by atoms with Crippen molar-refractivity contribution in [3.05, 3.63) is 34.9 Å². The van der Waals surface area contributed by atoms with Crippen LogP contribution in [0.25, 0.3) is 0 Å². The summed E-state index contributed by atoms with van der Waals surface area (Å²) < 4.78 is 0. The predicted molar refractivity (Wildman–Crippen MR) is 80.8 cm³/mol. The zero-order chi connectivity index (χ0) is 14.4. The molecule has 0 bridgehead atoms. The standard InChI is InChI=1S/C16H22ClNO2/c17-14-6-4-5-13(11-14)7-10-18-15(19)12-16(20)8-2-1-3-9-16/h4-6,11,20H,1-3,7-10,12H2,(H,18,19). The minimum atomic E-state index is -0.779. The highest BCUT2D eigenvalue weighted by Crippen LogP contribution is 2.30. The van der Waals surface area contributed by atoms with Crippen molar-refractivity contribution >= 4 is 17.5 Å². The molecule has 0 spiro atoms. The molecule has 1 amide bonds. The van der Waals surface area contributed by atoms with E-state index in [1.165, 1.54) is 6.42 Å². The van der Waals surface area contributed by atoms with Crippen LogP contribution in [0.2, 0.25) is 5.02 Å². The van der Waals surface area contributed by atoms with Crippen LogP contribution in [0.1, 0.15) is 44.1 Å². The third-order valence-corrected chi connectivity index (χ3v) is 4.13. The van der Waals surface area contributed by atoms with Gasteiger partial charge < -0.3 is 10.4 Å². The van der Waals surface area contributed by atoms with Crippen LogP contribution in [0.15, 0.2) is 24.3 Å². The van der Waals surface area contributed by atoms with E-state index >= 15 is 0 Å². The lowest BCUT2D eigenvalue weighted by molar-refractivity contribution is -0.127. The van der Waals surface area contributed by atoms with E-state index in [0.717, 1.165) is 37.7 Å². The Kier molecular flexibility index (Phi) is 5.44. The van der Waals surface area contributed by atoms with Crippen molar-refractivity contribution in [1.82, 2.24) is 5.32 Å². The van der Waals surface area contributed by atoms with E-state index in [1.807, 2.05) is 24.3 Å². The molecular formula is C16H22ClNO2. The second kappa shape index (κ2) is 7.09. The fourth-order valence-corrected chi connectivity index (χ4v) is 3.00. The van der Waals surface area contributed by atoms with Gasteiger partial charge in [-0.2, -0.15) is 0 Å². The van der Waals surface area contributed by atoms with Gasteiger partial charge in [0.15, 0.2) is 0 Å². The summed E-state index contributed by atoms with van der Waals surface area (Å²) in [6, 6.07) is 7.64. The van der Waals surface area contributed by atoms with E-state index in [4.69, 9.17) is 11.6 Å². The van der Waals surface area contributed by atoms with Gasteiger partial charge in [0, 0.05) is 11.6 Å². The Bertz CT molecular complexity index is 456. The van der Waals surface area contributed by atoms with Crippen LogP contribution in [0, 0.1) is 0 Å². The van der Waals surface area contributed by atoms with Crippen LogP contribution in [0.4, 0.5) is 0 Å². The summed E-state index contributed by atoms with van der Waals surface area (Å²) in [6.07, 6.45) is 5.67. The first kappa shape index (κ1) is 15.3. The molecule has 2 N–H and O–H groups in total. The fourth-order valence-electron chi connectivity index (χ4n) is 2.79. The molecule has 110 valence electrons. The van der Waals surface area contributed by atoms with Gasteiger partial charge in [-0.3, -0.25) is 4.79 Å². The summed E-state index contributed by atoms with van der Waals surface area (Å²) in [4.78, 5) is 11.9. The van der Waals surface area contributed by atoms with Crippen LogP contribution in [0.3, 0.4) is 0 Å². The molecule has 0 aromatic heterocycles. The summed E-state index contributed by atoms with van der Waals surface area (Å²) in [7, 11) is 0. The molecule has 3 nitrogen and oxygen atoms in total. The number of carbonyl (C=O) groups excluding carboxylic acids is 1. The first-order chi connectivity index (χ1) is 9.57. The summed E-state index contributed by atoms with van der Waals surface area (Å²) in [6.45, 7) is 0.579. The summed E-state index contributed by atoms with van der Waals surface area (Å²) in [5, 5.41) is 13.9. The van der Waals surface area contributed by atoms with Crippen LogP contribution < -0.4 is 5.32 Å². The quantitative estimate of drug-likeness (QED) is 0.877. The summed E-state index contributed by atoms with van der Waals surface area (Å²) in [5.74, 6) is -0.0589. The molecule has 1 aliphatic rings. The molecule has 1 aromatic carbocycles. The van der Waals surface area contributed by atoms with Gasteiger partial charge in [0.25, 0.3) is 0 Å². The number of aliphatic hydroxyl groups is 1. The van der Waals surface area contributed by atoms with Crippen molar-refractivity contribution in [2.75, 3.05) is 6.54 Å². The van der Waals surface area contributed by atoms with Gasteiger partial charge in [0.2, 0.25) is 5.91 Å². The van der Waals surface area contributed by atoms with Crippen LogP contribution in [-0.2, 0) is 11.2 Å². The van der Waals surface area contributed by atoms with Gasteiger partial charge in [-0.15, -0.1) is 0 Å². The zero-order valence-electron chi connectivity index (χ0n) is 11.7. The summed E-state index contributed by atoms with van der Waals surface area (Å²) in [5.41, 5.74) is 0.326. The minimum absolute atomic E-state index is 0.0589. The third-order valence-electron chi connectivity index (χ3n) is 3.90. The topological polar surface area (TPSA) is 49.3 Å². The Balaban J connectivity index is 1.72. The number of benzene rings is 1. The molecule has 0 radical (unpaired) electrons. The normalized spacial score (nSPS) is 17.7. The Morgan fingerprint density at radius 3 is 2.75 bits per heavy atom. The second-order valence-corrected chi connectivity index (χ2v) is 6.13. The Labute approximate surface area is 125 Å². The minimum Gasteiger partial charge on any atom is -0.389 e. The maximum atomic E-state index is 11.9. The number of amides is 1. The maximum absolute atomic E-state index is 11.9. The number of nitrogens with one attached hydrogen (secondary N) is 1. The van der Waals surface area contributed by atoms with E-state index in [-0.39, 0.29) is 12.3 Å². The molecule has 0 atom stereocenters. The Hall–Kier alpha value is -1.06. The van der Waals surface area contributed by atoms with Gasteiger partial charge in [0.05, 0.1) is 12.0 Å². The maximum Gasteiger partial charge on any atom is 0.222 e. The monoisotopic (exact) mass is 295 g/mol. The van der Waals surface area contributed by atoms with Gasteiger partial charge >= 0.3 is 0 Å². The van der Waals surface area contributed by atoms with Crippen molar-refractivity contribution in [2.45, 2.75) is 50.5 Å². The van der Waals surface area contributed by atoms with Gasteiger partial charge in [-0.05, 0) is 37.0 Å². The first-order valence-corrected chi connectivity index (χ1v) is 7.69. The third kappa shape index (κ3) is 4.80. The Morgan fingerprint density at radius 1 is 1.30 bits per heavy atom. The van der Waals surface area contributed by atoms with Crippen molar-refractivity contribution in [3.63, 3.8) is 0 Å². The predicted octanol–water partition coefficient (Wildman–Crippen LogP) is 3.08. The molecule has 0 heterocycles. The fraction of sp³-hybridized carbons (Fsp3) is 0.562. The molecule has 2 rings (SSSR count). The molecule has 1 aromatic rings. The molecule has 0 saturated heterocycles. The molecular weight excluding hydrogens is 274 g/mol. The van der Waals surface area contributed by atoms with Crippen molar-refractivity contribution in [1.29, 1.82) is 0 Å². The van der Waals surface area contributed by atoms with E-state index in [9.17, 15) is 9.90 Å². The molecule has 0 aliphatic heterocycles. The largest absolute Gasteiger partial charge is 0.389 e. The van der Waals surface area contributed by atoms with E-state index in [2.05, 4.69) is 5.32 Å². The van der Waals surface area contributed by atoms with Crippen molar-refractivity contribution in [3.8, 4) is 0 Å². The average molecular weight is 296 g/mol. The molecule has 1 saturated carbocycles. The zero-order valence-corrected chi connectivity index (χ0v) is 12.5. The lowest BCUT2D eigenvalue weighted by Crippen LogP contribution is -2.38. The highest BCUT2D eigenvalue weighted by Gasteiger charge is 2.31. The first-order valence-electron chi connectivity index (χ1n) is 7.31. The van der Waals surface area contributed by atoms with Gasteiger partial charge in [-0.1, -0.05) is 43.0 Å². The van der Waals surface area contributed by atoms with Crippen LogP contribution in [-0.4, -0.2) is 23.2 Å². The number of carbonyl (C=O) groups is 1. The van der Waals surface area contributed by atoms with E-state index in [1.54, 1.807) is 0 Å². The number of halogens is 1. The second-order valence-electron chi connectivity index (χ2n) is 5.69. The highest BCUT2D eigenvalue weighted by atomic mass is 35.5. The Morgan fingerprint density at radius 2 is 2.05 bits per heavy atom. The van der Waals surface area contributed by atoms with Crippen LogP contribution >= 0.6 is 11.6 Å². The lowest BCUT2D eigenvalue weighted by atomic mass is 9.82. The molecule has 20 heavy (non-hydrogen) atoms. The summed E-state index contributed by atoms with van der Waals surface area (Å²) >= 11 is 5.91.